The van der Waals surface area contributed by atoms with Gasteiger partial charge < -0.3 is 9.84 Å². The first-order valence-corrected chi connectivity index (χ1v) is 10.6. The van der Waals surface area contributed by atoms with Crippen molar-refractivity contribution in [1.29, 1.82) is 0 Å². The Balaban J connectivity index is 2.20. The van der Waals surface area contributed by atoms with Crippen LogP contribution in [-0.2, 0) is 27.6 Å². The summed E-state index contributed by atoms with van der Waals surface area (Å²) in [6, 6.07) is 5.14. The number of phenolic OH excluding ortho intramolecular Hbond substituents is 1. The van der Waals surface area contributed by atoms with Crippen LogP contribution in [-0.4, -0.2) is 38.8 Å². The summed E-state index contributed by atoms with van der Waals surface area (Å²) in [6.07, 6.45) is -4.48. The predicted octanol–water partition coefficient (Wildman–Crippen LogP) is 3.81. The third kappa shape index (κ3) is 3.83. The quantitative estimate of drug-likeness (QED) is 0.727. The van der Waals surface area contributed by atoms with Gasteiger partial charge >= 0.3 is 12.1 Å². The summed E-state index contributed by atoms with van der Waals surface area (Å²) in [5.41, 5.74) is 0.883. The lowest BCUT2D eigenvalue weighted by molar-refractivity contribution is -0.147. The standard InChI is InChI=1S/C20H20F3NO5S/c1-3-12-4-7-16-13(10-12)5-9-18(20(21,22)23)24(16)30(27,28)14-6-8-17(25)15(11-14)19(26)29-2/h4,6-8,10-11,18,25H,3,5,9H2,1-2H3. The molecule has 0 amide bonds. The molecule has 3 rings (SSSR count). The van der Waals surface area contributed by atoms with Gasteiger partial charge in [-0.2, -0.15) is 13.2 Å². The molecule has 2 aromatic rings. The van der Waals surface area contributed by atoms with E-state index in [4.69, 9.17) is 0 Å². The molecule has 10 heteroatoms. The van der Waals surface area contributed by atoms with Crippen molar-refractivity contribution in [3.63, 3.8) is 0 Å². The molecule has 0 saturated carbocycles. The number of fused-ring (bicyclic) bond motifs is 1. The molecule has 30 heavy (non-hydrogen) atoms. The minimum atomic E-state index is -4.80. The zero-order chi connectivity index (χ0) is 22.3. The lowest BCUT2D eigenvalue weighted by atomic mass is 9.95. The molecule has 0 bridgehead atoms. The average molecular weight is 443 g/mol. The minimum Gasteiger partial charge on any atom is -0.507 e. The molecule has 1 N–H and O–H groups in total. The van der Waals surface area contributed by atoms with Gasteiger partial charge in [0, 0.05) is 0 Å². The van der Waals surface area contributed by atoms with E-state index in [-0.39, 0.29) is 12.1 Å². The monoisotopic (exact) mass is 443 g/mol. The molecule has 0 fully saturated rings. The summed E-state index contributed by atoms with van der Waals surface area (Å²) < 4.78 is 72.9. The number of sulfonamides is 1. The van der Waals surface area contributed by atoms with Crippen LogP contribution >= 0.6 is 0 Å². The Morgan fingerprint density at radius 1 is 1.23 bits per heavy atom. The number of methoxy groups -OCH3 is 1. The number of carbonyl (C=O) groups excluding carboxylic acids is 1. The number of hydrogen-bond donors (Lipinski definition) is 1. The van der Waals surface area contributed by atoms with Crippen LogP contribution in [0.25, 0.3) is 0 Å². The van der Waals surface area contributed by atoms with Gasteiger partial charge in [-0.1, -0.05) is 19.1 Å². The van der Waals surface area contributed by atoms with E-state index >= 15 is 0 Å². The SMILES string of the molecule is CCc1ccc2c(c1)CCC(C(F)(F)F)N2S(=O)(=O)c1ccc(O)c(C(=O)OC)c1. The number of esters is 1. The van der Waals surface area contributed by atoms with Crippen LogP contribution in [0.3, 0.4) is 0 Å². The van der Waals surface area contributed by atoms with E-state index in [2.05, 4.69) is 4.74 Å². The van der Waals surface area contributed by atoms with Crippen LogP contribution in [0.4, 0.5) is 18.9 Å². The third-order valence-electron chi connectivity index (χ3n) is 5.07. The van der Waals surface area contributed by atoms with Gasteiger partial charge in [-0.05, 0) is 54.7 Å². The topological polar surface area (TPSA) is 83.9 Å². The maximum atomic E-state index is 13.8. The number of carbonyl (C=O) groups is 1. The van der Waals surface area contributed by atoms with Gasteiger partial charge in [-0.3, -0.25) is 4.31 Å². The molecule has 0 spiro atoms. The van der Waals surface area contributed by atoms with Gasteiger partial charge in [0.2, 0.25) is 0 Å². The summed E-state index contributed by atoms with van der Waals surface area (Å²) >= 11 is 0. The normalized spacial score (nSPS) is 16.8. The van der Waals surface area contributed by atoms with Crippen molar-refractivity contribution >= 4 is 21.7 Å². The van der Waals surface area contributed by atoms with E-state index in [1.807, 2.05) is 6.92 Å². The number of hydrogen-bond acceptors (Lipinski definition) is 5. The minimum absolute atomic E-state index is 0.0477. The summed E-state index contributed by atoms with van der Waals surface area (Å²) in [4.78, 5) is 11.3. The zero-order valence-corrected chi connectivity index (χ0v) is 17.0. The fourth-order valence-corrected chi connectivity index (χ4v) is 5.24. The lowest BCUT2D eigenvalue weighted by Gasteiger charge is -2.38. The van der Waals surface area contributed by atoms with Crippen LogP contribution in [0.2, 0.25) is 0 Å². The van der Waals surface area contributed by atoms with Gasteiger partial charge in [-0.15, -0.1) is 0 Å². The van der Waals surface area contributed by atoms with Crippen molar-refractivity contribution in [3.8, 4) is 5.75 Å². The molecule has 1 aliphatic heterocycles. The molecule has 1 aliphatic rings. The Morgan fingerprint density at radius 3 is 2.53 bits per heavy atom. The molecule has 0 aliphatic carbocycles. The van der Waals surface area contributed by atoms with E-state index < -0.39 is 50.8 Å². The highest BCUT2D eigenvalue weighted by atomic mass is 32.2. The Labute approximate surface area is 171 Å². The number of alkyl halides is 3. The van der Waals surface area contributed by atoms with Crippen LogP contribution in [0.5, 0.6) is 5.75 Å². The molecule has 162 valence electrons. The summed E-state index contributed by atoms with van der Waals surface area (Å²) in [6.45, 7) is 1.89. The zero-order valence-electron chi connectivity index (χ0n) is 16.2. The number of benzene rings is 2. The average Bonchev–Trinajstić information content (AvgIpc) is 2.71. The molecule has 1 unspecified atom stereocenters. The van der Waals surface area contributed by atoms with E-state index in [0.29, 0.717) is 16.3 Å². The molecule has 0 radical (unpaired) electrons. The van der Waals surface area contributed by atoms with E-state index in [9.17, 15) is 31.5 Å². The van der Waals surface area contributed by atoms with Crippen LogP contribution < -0.4 is 4.31 Å². The van der Waals surface area contributed by atoms with E-state index in [1.165, 1.54) is 6.07 Å². The fraction of sp³-hybridized carbons (Fsp3) is 0.350. The van der Waals surface area contributed by atoms with Gasteiger partial charge in [0.1, 0.15) is 17.4 Å². The highest BCUT2D eigenvalue weighted by molar-refractivity contribution is 7.92. The number of anilines is 1. The third-order valence-corrected chi connectivity index (χ3v) is 6.89. The van der Waals surface area contributed by atoms with Gasteiger partial charge in [0.15, 0.2) is 0 Å². The van der Waals surface area contributed by atoms with Crippen LogP contribution in [0, 0.1) is 0 Å². The second-order valence-electron chi connectivity index (χ2n) is 6.88. The van der Waals surface area contributed by atoms with Crippen molar-refractivity contribution in [3.05, 3.63) is 53.1 Å². The van der Waals surface area contributed by atoms with E-state index in [1.54, 1.807) is 12.1 Å². The summed E-state index contributed by atoms with van der Waals surface area (Å²) in [7, 11) is -3.68. The number of halogens is 3. The maximum Gasteiger partial charge on any atom is 0.409 e. The second-order valence-corrected chi connectivity index (χ2v) is 8.70. The first-order valence-electron chi connectivity index (χ1n) is 9.15. The number of aryl methyl sites for hydroxylation is 2. The van der Waals surface area contributed by atoms with Crippen LogP contribution in [0.15, 0.2) is 41.3 Å². The summed E-state index contributed by atoms with van der Waals surface area (Å²) in [5.74, 6) is -1.55. The molecule has 6 nitrogen and oxygen atoms in total. The van der Waals surface area contributed by atoms with Crippen molar-refractivity contribution in [2.75, 3.05) is 11.4 Å². The van der Waals surface area contributed by atoms with Crippen LogP contribution in [0.1, 0.15) is 34.8 Å². The summed E-state index contributed by atoms with van der Waals surface area (Å²) in [5, 5.41) is 9.82. The highest BCUT2D eigenvalue weighted by Gasteiger charge is 2.50. The molecular weight excluding hydrogens is 423 g/mol. The Kier molecular flexibility index (Phi) is 5.72. The predicted molar refractivity (Wildman–Crippen MR) is 103 cm³/mol. The molecule has 0 aromatic heterocycles. The lowest BCUT2D eigenvalue weighted by Crippen LogP contribution is -2.51. The van der Waals surface area contributed by atoms with Crippen molar-refractivity contribution in [2.24, 2.45) is 0 Å². The van der Waals surface area contributed by atoms with Gasteiger partial charge in [0.05, 0.1) is 17.7 Å². The molecule has 0 saturated heterocycles. The Bertz CT molecular complexity index is 1080. The maximum absolute atomic E-state index is 13.8. The number of ether oxygens (including phenoxy) is 1. The largest absolute Gasteiger partial charge is 0.507 e. The highest BCUT2D eigenvalue weighted by Crippen LogP contribution is 2.42. The smallest absolute Gasteiger partial charge is 0.409 e. The first kappa shape index (κ1) is 21.9. The van der Waals surface area contributed by atoms with Gasteiger partial charge in [0.25, 0.3) is 10.0 Å². The molecule has 1 heterocycles. The second kappa shape index (κ2) is 7.82. The van der Waals surface area contributed by atoms with Gasteiger partial charge in [-0.25, -0.2) is 13.2 Å². The Morgan fingerprint density at radius 2 is 1.93 bits per heavy atom. The fourth-order valence-electron chi connectivity index (χ4n) is 3.51. The van der Waals surface area contributed by atoms with Crippen molar-refractivity contribution < 1.29 is 36.2 Å². The number of aromatic hydroxyl groups is 1. The molecule has 2 aromatic carbocycles. The van der Waals surface area contributed by atoms with Crippen molar-refractivity contribution in [1.82, 2.24) is 0 Å². The molecular formula is C20H20F3NO5S. The number of rotatable bonds is 4. The number of nitrogens with zero attached hydrogens (tertiary/aromatic N) is 1. The first-order chi connectivity index (χ1) is 14.0. The van der Waals surface area contributed by atoms with E-state index in [0.717, 1.165) is 30.9 Å². The van der Waals surface area contributed by atoms with Crippen molar-refractivity contribution in [2.45, 2.75) is 43.3 Å². The Hall–Kier alpha value is -2.75. The molecule has 1 atom stereocenters. The number of phenols is 1.